The van der Waals surface area contributed by atoms with Crippen LogP contribution in [0.4, 0.5) is 0 Å². The van der Waals surface area contributed by atoms with Gasteiger partial charge >= 0.3 is 19.8 Å². The number of aliphatic hydroxyl groups is 5. The van der Waals surface area contributed by atoms with Crippen molar-refractivity contribution in [3.8, 4) is 0 Å². The summed E-state index contributed by atoms with van der Waals surface area (Å²) in [7, 11) is -5.11. The Morgan fingerprint density at radius 3 is 1.40 bits per heavy atom. The number of esters is 2. The van der Waals surface area contributed by atoms with Gasteiger partial charge in [-0.1, -0.05) is 142 Å². The Kier molecular flexibility index (Phi) is 30.5. The molecule has 13 nitrogen and oxygen atoms in total. The van der Waals surface area contributed by atoms with Gasteiger partial charge in [-0.05, 0) is 38.5 Å². The fraction of sp³-hybridized carbons (Fsp3) is 0.902. The van der Waals surface area contributed by atoms with Crippen molar-refractivity contribution < 1.29 is 63.1 Å². The summed E-state index contributed by atoms with van der Waals surface area (Å²) in [5, 5.41) is 50.0. The summed E-state index contributed by atoms with van der Waals surface area (Å²) in [5.41, 5.74) is 0. The molecule has 1 saturated carbocycles. The molecule has 0 bridgehead atoms. The van der Waals surface area contributed by atoms with Crippen LogP contribution in [-0.2, 0) is 32.7 Å². The van der Waals surface area contributed by atoms with Gasteiger partial charge in [0.25, 0.3) is 0 Å². The molecule has 6 N–H and O–H groups in total. The van der Waals surface area contributed by atoms with Crippen molar-refractivity contribution in [3.63, 3.8) is 0 Å². The molecule has 1 aliphatic carbocycles. The smallest absolute Gasteiger partial charge is 0.462 e. The first-order valence-electron chi connectivity index (χ1n) is 21.5. The van der Waals surface area contributed by atoms with Crippen LogP contribution in [0.2, 0.25) is 0 Å². The standard InChI is InChI=1S/C41H77O13P/c1-3-5-7-9-11-13-15-17-19-21-23-25-27-29-34(42)51-31-33(32-52-55(49,50)54-41-39(47)37(45)36(44)38(46)40(41)48)53-35(43)30-28-26-24-22-20-18-16-14-12-10-8-6-4-2/h14,16,33,36-41,44-48H,3-13,15,17-32H2,1-2H3,(H,49,50)/b16-14+/t33-,36?,37-,38?,39?,40?,41?/m1/s1. The summed E-state index contributed by atoms with van der Waals surface area (Å²) in [6.45, 7) is 3.26. The van der Waals surface area contributed by atoms with Crippen LogP contribution in [0.5, 0.6) is 0 Å². The average molecular weight is 809 g/mol. The third-order valence-electron chi connectivity index (χ3n) is 10.1. The van der Waals surface area contributed by atoms with E-state index in [-0.39, 0.29) is 12.8 Å². The topological polar surface area (TPSA) is 210 Å². The summed E-state index contributed by atoms with van der Waals surface area (Å²) in [4.78, 5) is 35.5. The predicted molar refractivity (Wildman–Crippen MR) is 212 cm³/mol. The maximum absolute atomic E-state index is 12.8. The van der Waals surface area contributed by atoms with Crippen molar-refractivity contribution in [1.82, 2.24) is 0 Å². The van der Waals surface area contributed by atoms with Gasteiger partial charge < -0.3 is 39.9 Å². The Morgan fingerprint density at radius 1 is 0.545 bits per heavy atom. The molecule has 1 rings (SSSR count). The summed E-state index contributed by atoms with van der Waals surface area (Å²) in [5.74, 6) is -1.10. The van der Waals surface area contributed by atoms with Gasteiger partial charge in [0.2, 0.25) is 0 Å². The van der Waals surface area contributed by atoms with Crippen LogP contribution in [-0.4, -0.2) is 98.3 Å². The number of hydrogen-bond acceptors (Lipinski definition) is 12. The van der Waals surface area contributed by atoms with Crippen LogP contribution in [0.1, 0.15) is 181 Å². The van der Waals surface area contributed by atoms with Gasteiger partial charge in [0.15, 0.2) is 6.10 Å². The van der Waals surface area contributed by atoms with E-state index in [4.69, 9.17) is 18.5 Å². The van der Waals surface area contributed by atoms with E-state index in [0.29, 0.717) is 12.8 Å². The number of hydrogen-bond donors (Lipinski definition) is 6. The second-order valence-corrected chi connectivity index (χ2v) is 16.6. The number of aliphatic hydroxyl groups excluding tert-OH is 5. The van der Waals surface area contributed by atoms with E-state index < -0.39 is 75.7 Å². The molecule has 6 unspecified atom stereocenters. The van der Waals surface area contributed by atoms with E-state index in [1.165, 1.54) is 83.5 Å². The number of carbonyl (C=O) groups is 2. The second-order valence-electron chi connectivity index (χ2n) is 15.2. The molecular weight excluding hydrogens is 731 g/mol. The van der Waals surface area contributed by atoms with Crippen molar-refractivity contribution in [2.75, 3.05) is 13.2 Å². The quantitative estimate of drug-likeness (QED) is 0.0159. The van der Waals surface area contributed by atoms with Crippen LogP contribution in [0, 0.1) is 0 Å². The van der Waals surface area contributed by atoms with Gasteiger partial charge in [0.1, 0.15) is 43.2 Å². The van der Waals surface area contributed by atoms with Crippen molar-refractivity contribution in [2.24, 2.45) is 0 Å². The Labute approximate surface area is 331 Å². The zero-order valence-electron chi connectivity index (χ0n) is 34.0. The Morgan fingerprint density at radius 2 is 0.927 bits per heavy atom. The Balaban J connectivity index is 2.50. The SMILES string of the molecule is CCCCCC/C=C/CCCCCCCC(=O)O[C@H](COC(=O)CCCCCCCCCCCCCCC)COP(=O)(O)OC1C(O)C(O)C(O)[C@@H](O)C1O. The summed E-state index contributed by atoms with van der Waals surface area (Å²) < 4.78 is 33.4. The van der Waals surface area contributed by atoms with Crippen LogP contribution in [0.25, 0.3) is 0 Å². The van der Waals surface area contributed by atoms with Gasteiger partial charge in [-0.25, -0.2) is 4.57 Å². The van der Waals surface area contributed by atoms with E-state index in [1.54, 1.807) is 0 Å². The molecule has 0 amide bonds. The molecule has 324 valence electrons. The molecule has 1 fully saturated rings. The van der Waals surface area contributed by atoms with Gasteiger partial charge in [0.05, 0.1) is 6.61 Å². The van der Waals surface area contributed by atoms with Crippen LogP contribution in [0.15, 0.2) is 12.2 Å². The maximum atomic E-state index is 12.8. The fourth-order valence-corrected chi connectivity index (χ4v) is 7.55. The molecular formula is C41H77O13P. The highest BCUT2D eigenvalue weighted by Gasteiger charge is 2.51. The average Bonchev–Trinajstić information content (AvgIpc) is 3.16. The van der Waals surface area contributed by atoms with Crippen LogP contribution >= 0.6 is 7.82 Å². The number of allylic oxidation sites excluding steroid dienone is 2. The van der Waals surface area contributed by atoms with Crippen LogP contribution in [0.3, 0.4) is 0 Å². The first kappa shape index (κ1) is 51.6. The molecule has 0 spiro atoms. The summed E-state index contributed by atoms with van der Waals surface area (Å²) in [6.07, 6.45) is 18.5. The predicted octanol–water partition coefficient (Wildman–Crippen LogP) is 7.50. The Bertz CT molecular complexity index is 1030. The van der Waals surface area contributed by atoms with Crippen molar-refractivity contribution in [3.05, 3.63) is 12.2 Å². The molecule has 55 heavy (non-hydrogen) atoms. The van der Waals surface area contributed by atoms with E-state index in [2.05, 4.69) is 26.0 Å². The van der Waals surface area contributed by atoms with E-state index in [9.17, 15) is 44.6 Å². The summed E-state index contributed by atoms with van der Waals surface area (Å²) >= 11 is 0. The number of phosphoric acid groups is 1. The van der Waals surface area contributed by atoms with E-state index in [0.717, 1.165) is 57.8 Å². The first-order chi connectivity index (χ1) is 26.4. The highest BCUT2D eigenvalue weighted by molar-refractivity contribution is 7.47. The normalized spacial score (nSPS) is 23.1. The van der Waals surface area contributed by atoms with Crippen molar-refractivity contribution in [2.45, 2.75) is 224 Å². The number of carbonyl (C=O) groups excluding carboxylic acids is 2. The molecule has 0 aromatic carbocycles. The molecule has 0 heterocycles. The number of unbranched alkanes of at least 4 members (excludes halogenated alkanes) is 21. The minimum atomic E-state index is -5.11. The third kappa shape index (κ3) is 25.5. The molecule has 0 aromatic rings. The molecule has 0 aromatic heterocycles. The number of rotatable bonds is 35. The molecule has 1 aliphatic rings. The molecule has 14 heteroatoms. The fourth-order valence-electron chi connectivity index (χ4n) is 6.58. The zero-order valence-corrected chi connectivity index (χ0v) is 34.9. The maximum Gasteiger partial charge on any atom is 0.472 e. The van der Waals surface area contributed by atoms with E-state index in [1.807, 2.05) is 0 Å². The monoisotopic (exact) mass is 809 g/mol. The number of phosphoric ester groups is 1. The number of ether oxygens (including phenoxy) is 2. The molecule has 0 saturated heterocycles. The second kappa shape index (κ2) is 32.5. The van der Waals surface area contributed by atoms with Gasteiger partial charge in [0, 0.05) is 12.8 Å². The van der Waals surface area contributed by atoms with E-state index >= 15 is 0 Å². The van der Waals surface area contributed by atoms with Crippen molar-refractivity contribution >= 4 is 19.8 Å². The minimum Gasteiger partial charge on any atom is -0.462 e. The lowest BCUT2D eigenvalue weighted by atomic mass is 9.85. The van der Waals surface area contributed by atoms with Gasteiger partial charge in [-0.2, -0.15) is 0 Å². The van der Waals surface area contributed by atoms with Crippen LogP contribution < -0.4 is 0 Å². The first-order valence-corrected chi connectivity index (χ1v) is 23.0. The highest BCUT2D eigenvalue weighted by Crippen LogP contribution is 2.47. The molecule has 0 aliphatic heterocycles. The summed E-state index contributed by atoms with van der Waals surface area (Å²) in [6, 6.07) is 0. The van der Waals surface area contributed by atoms with Gasteiger partial charge in [-0.15, -0.1) is 0 Å². The third-order valence-corrected chi connectivity index (χ3v) is 11.1. The molecule has 8 atom stereocenters. The zero-order chi connectivity index (χ0) is 40.7. The minimum absolute atomic E-state index is 0.0902. The lowest BCUT2D eigenvalue weighted by Gasteiger charge is -2.41. The Hall–Kier alpha value is -1.41. The largest absolute Gasteiger partial charge is 0.472 e. The van der Waals surface area contributed by atoms with Gasteiger partial charge in [-0.3, -0.25) is 18.6 Å². The van der Waals surface area contributed by atoms with Crippen molar-refractivity contribution in [1.29, 1.82) is 0 Å². The molecule has 0 radical (unpaired) electrons. The lowest BCUT2D eigenvalue weighted by Crippen LogP contribution is -2.64. The highest BCUT2D eigenvalue weighted by atomic mass is 31.2. The lowest BCUT2D eigenvalue weighted by molar-refractivity contribution is -0.220.